The Morgan fingerprint density at radius 1 is 1.14 bits per heavy atom. The first-order valence-electron chi connectivity index (χ1n) is 7.73. The van der Waals surface area contributed by atoms with Crippen molar-refractivity contribution in [2.75, 3.05) is 33.4 Å². The molecular weight excluding hydrogens is 286 g/mol. The van der Waals surface area contributed by atoms with E-state index in [4.69, 9.17) is 13.3 Å². The van der Waals surface area contributed by atoms with Gasteiger partial charge in [0.2, 0.25) is 0 Å². The number of rotatable bonds is 12. The predicted octanol–water partition coefficient (Wildman–Crippen LogP) is 2.28. The number of aromatic amines is 1. The van der Waals surface area contributed by atoms with Crippen LogP contribution in [0.2, 0.25) is 6.04 Å². The summed E-state index contributed by atoms with van der Waals surface area (Å²) in [6, 6.07) is 0.857. The first-order valence-corrected chi connectivity index (χ1v) is 9.66. The third-order valence-electron chi connectivity index (χ3n) is 3.11. The van der Waals surface area contributed by atoms with Gasteiger partial charge in [-0.25, -0.2) is 4.98 Å². The van der Waals surface area contributed by atoms with Gasteiger partial charge in [-0.3, -0.25) is 0 Å². The van der Waals surface area contributed by atoms with E-state index in [0.29, 0.717) is 19.8 Å². The Hall–Kier alpha value is -0.733. The van der Waals surface area contributed by atoms with E-state index in [1.54, 1.807) is 6.33 Å². The normalized spacial score (nSPS) is 12.2. The highest BCUT2D eigenvalue weighted by Gasteiger charge is 2.39. The molecule has 0 unspecified atom stereocenters. The first-order chi connectivity index (χ1) is 10.2. The molecule has 0 spiro atoms. The zero-order valence-electron chi connectivity index (χ0n) is 13.7. The SMILES string of the molecule is CCO[Si](CCCN(C)Cc1cnc[nH]1)(OCC)OCC. The van der Waals surface area contributed by atoms with E-state index in [-0.39, 0.29) is 0 Å². The average Bonchev–Trinajstić information content (AvgIpc) is 2.92. The molecule has 0 aliphatic heterocycles. The van der Waals surface area contributed by atoms with Crippen molar-refractivity contribution in [3.63, 3.8) is 0 Å². The molecule has 1 aromatic heterocycles. The van der Waals surface area contributed by atoms with Crippen LogP contribution in [0.5, 0.6) is 0 Å². The van der Waals surface area contributed by atoms with Gasteiger partial charge >= 0.3 is 8.80 Å². The van der Waals surface area contributed by atoms with Crippen LogP contribution in [0.25, 0.3) is 0 Å². The number of nitrogens with one attached hydrogen (secondary N) is 1. The molecule has 0 saturated carbocycles. The highest BCUT2D eigenvalue weighted by Crippen LogP contribution is 2.18. The molecule has 1 heterocycles. The van der Waals surface area contributed by atoms with Crippen molar-refractivity contribution in [2.45, 2.75) is 39.8 Å². The fourth-order valence-corrected chi connectivity index (χ4v) is 4.90. The molecule has 6 nitrogen and oxygen atoms in total. The summed E-state index contributed by atoms with van der Waals surface area (Å²) < 4.78 is 17.6. The van der Waals surface area contributed by atoms with Crippen LogP contribution in [0.4, 0.5) is 0 Å². The molecule has 21 heavy (non-hydrogen) atoms. The van der Waals surface area contributed by atoms with Crippen molar-refractivity contribution in [3.05, 3.63) is 18.2 Å². The number of nitrogens with zero attached hydrogens (tertiary/aromatic N) is 2. The Morgan fingerprint density at radius 2 is 1.76 bits per heavy atom. The summed E-state index contributed by atoms with van der Waals surface area (Å²) in [5, 5.41) is 0. The van der Waals surface area contributed by atoms with Gasteiger partial charge in [0, 0.05) is 44.3 Å². The summed E-state index contributed by atoms with van der Waals surface area (Å²) >= 11 is 0. The molecule has 122 valence electrons. The summed E-state index contributed by atoms with van der Waals surface area (Å²) in [4.78, 5) is 9.41. The van der Waals surface area contributed by atoms with E-state index in [9.17, 15) is 0 Å². The third kappa shape index (κ3) is 6.71. The van der Waals surface area contributed by atoms with Crippen LogP contribution in [-0.4, -0.2) is 57.1 Å². The monoisotopic (exact) mass is 315 g/mol. The predicted molar refractivity (Wildman–Crippen MR) is 85.0 cm³/mol. The quantitative estimate of drug-likeness (QED) is 0.600. The largest absolute Gasteiger partial charge is 0.500 e. The van der Waals surface area contributed by atoms with Crippen molar-refractivity contribution in [3.8, 4) is 0 Å². The van der Waals surface area contributed by atoms with Crippen molar-refractivity contribution >= 4 is 8.80 Å². The Bertz CT molecular complexity index is 345. The summed E-state index contributed by atoms with van der Waals surface area (Å²) in [6.07, 6.45) is 4.56. The van der Waals surface area contributed by atoms with E-state index >= 15 is 0 Å². The molecule has 1 aromatic rings. The van der Waals surface area contributed by atoms with Crippen LogP contribution in [-0.2, 0) is 19.8 Å². The van der Waals surface area contributed by atoms with Gasteiger partial charge in [0.05, 0.1) is 6.33 Å². The van der Waals surface area contributed by atoms with Gasteiger partial charge in [0.25, 0.3) is 0 Å². The van der Waals surface area contributed by atoms with Gasteiger partial charge in [-0.05, 0) is 40.8 Å². The molecule has 0 radical (unpaired) electrons. The molecule has 0 aliphatic carbocycles. The van der Waals surface area contributed by atoms with E-state index in [1.807, 2.05) is 27.0 Å². The lowest BCUT2D eigenvalue weighted by molar-refractivity contribution is 0.0701. The molecule has 1 N–H and O–H groups in total. The standard InChI is InChI=1S/C14H29N3O3Si/c1-5-18-21(19-6-2,20-7-3)10-8-9-17(4)12-14-11-15-13-16-14/h11,13H,5-10,12H2,1-4H3,(H,15,16). The van der Waals surface area contributed by atoms with E-state index in [2.05, 4.69) is 21.9 Å². The molecule has 0 saturated heterocycles. The second-order valence-electron chi connectivity index (χ2n) is 4.90. The molecule has 0 bridgehead atoms. The van der Waals surface area contributed by atoms with E-state index in [1.165, 1.54) is 0 Å². The third-order valence-corrected chi connectivity index (χ3v) is 6.26. The molecule has 0 amide bonds. The average molecular weight is 315 g/mol. The van der Waals surface area contributed by atoms with Crippen LogP contribution in [0.15, 0.2) is 12.5 Å². The number of hydrogen-bond acceptors (Lipinski definition) is 5. The van der Waals surface area contributed by atoms with Gasteiger partial charge in [-0.1, -0.05) is 0 Å². The Morgan fingerprint density at radius 3 is 2.24 bits per heavy atom. The van der Waals surface area contributed by atoms with E-state index < -0.39 is 8.80 Å². The zero-order valence-corrected chi connectivity index (χ0v) is 14.7. The number of imidazole rings is 1. The minimum absolute atomic E-state index is 0.635. The molecule has 0 atom stereocenters. The zero-order chi connectivity index (χ0) is 15.6. The molecular formula is C14H29N3O3Si. The fraction of sp³-hybridized carbons (Fsp3) is 0.786. The lowest BCUT2D eigenvalue weighted by Gasteiger charge is -2.29. The second kappa shape index (κ2) is 10.1. The molecule has 0 aromatic carbocycles. The highest BCUT2D eigenvalue weighted by atomic mass is 28.4. The highest BCUT2D eigenvalue weighted by molar-refractivity contribution is 6.60. The van der Waals surface area contributed by atoms with Crippen LogP contribution in [0, 0.1) is 0 Å². The van der Waals surface area contributed by atoms with Gasteiger partial charge in [-0.2, -0.15) is 0 Å². The molecule has 7 heteroatoms. The molecule has 0 fully saturated rings. The Labute approximate surface area is 129 Å². The topological polar surface area (TPSA) is 59.6 Å². The second-order valence-corrected chi connectivity index (χ2v) is 7.63. The Balaban J connectivity index is 2.40. The summed E-state index contributed by atoms with van der Waals surface area (Å²) in [6.45, 7) is 9.72. The fourth-order valence-electron chi connectivity index (χ4n) is 2.31. The van der Waals surface area contributed by atoms with Gasteiger partial charge in [-0.15, -0.1) is 0 Å². The summed E-state index contributed by atoms with van der Waals surface area (Å²) in [7, 11) is -0.385. The van der Waals surface area contributed by atoms with Crippen molar-refractivity contribution in [2.24, 2.45) is 0 Å². The minimum atomic E-state index is -2.49. The smallest absolute Gasteiger partial charge is 0.374 e. The maximum atomic E-state index is 5.86. The van der Waals surface area contributed by atoms with Crippen molar-refractivity contribution in [1.82, 2.24) is 14.9 Å². The van der Waals surface area contributed by atoms with Crippen molar-refractivity contribution < 1.29 is 13.3 Å². The molecule has 1 rings (SSSR count). The van der Waals surface area contributed by atoms with Crippen LogP contribution in [0.3, 0.4) is 0 Å². The van der Waals surface area contributed by atoms with Crippen LogP contribution < -0.4 is 0 Å². The van der Waals surface area contributed by atoms with Crippen molar-refractivity contribution in [1.29, 1.82) is 0 Å². The number of hydrogen-bond donors (Lipinski definition) is 1. The van der Waals surface area contributed by atoms with Gasteiger partial charge in [0.1, 0.15) is 0 Å². The summed E-state index contributed by atoms with van der Waals surface area (Å²) in [5.74, 6) is 0. The maximum absolute atomic E-state index is 5.86. The van der Waals surface area contributed by atoms with Crippen LogP contribution in [0.1, 0.15) is 32.9 Å². The lowest BCUT2D eigenvalue weighted by Crippen LogP contribution is -2.46. The number of H-pyrrole nitrogens is 1. The molecule has 0 aliphatic rings. The summed E-state index contributed by atoms with van der Waals surface area (Å²) in [5.41, 5.74) is 1.13. The van der Waals surface area contributed by atoms with Gasteiger partial charge < -0.3 is 23.2 Å². The van der Waals surface area contributed by atoms with E-state index in [0.717, 1.165) is 31.2 Å². The lowest BCUT2D eigenvalue weighted by atomic mass is 10.4. The van der Waals surface area contributed by atoms with Crippen LogP contribution >= 0.6 is 0 Å². The maximum Gasteiger partial charge on any atom is 0.500 e. The first kappa shape index (κ1) is 18.3. The Kier molecular flexibility index (Phi) is 8.78. The van der Waals surface area contributed by atoms with Gasteiger partial charge in [0.15, 0.2) is 0 Å². The number of aromatic nitrogens is 2. The minimum Gasteiger partial charge on any atom is -0.374 e.